The van der Waals surface area contributed by atoms with Crippen LogP contribution < -0.4 is 10.6 Å². The summed E-state index contributed by atoms with van der Waals surface area (Å²) in [6.07, 6.45) is 5.61. The van der Waals surface area contributed by atoms with E-state index >= 15 is 0 Å². The Bertz CT molecular complexity index is 426. The molecule has 0 saturated heterocycles. The Morgan fingerprint density at radius 3 is 2.71 bits per heavy atom. The molecule has 0 heterocycles. The summed E-state index contributed by atoms with van der Waals surface area (Å²) < 4.78 is 0. The lowest BCUT2D eigenvalue weighted by atomic mass is 9.93. The Balaban J connectivity index is 1.60. The molecule has 3 rings (SSSR count). The molecule has 0 bridgehead atoms. The number of nitrogens with one attached hydrogen (secondary N) is 2. The zero-order valence-corrected chi connectivity index (χ0v) is 9.91. The van der Waals surface area contributed by atoms with Gasteiger partial charge in [0.05, 0.1) is 6.04 Å². The number of rotatable bonds is 2. The number of hydrogen-bond donors (Lipinski definition) is 2. The third-order valence-electron chi connectivity index (χ3n) is 3.88. The number of amides is 2. The second-order valence-electron chi connectivity index (χ2n) is 5.04. The van der Waals surface area contributed by atoms with E-state index in [0.29, 0.717) is 6.04 Å². The monoisotopic (exact) mass is 230 g/mol. The molecule has 1 saturated carbocycles. The van der Waals surface area contributed by atoms with E-state index in [1.54, 1.807) is 0 Å². The second-order valence-corrected chi connectivity index (χ2v) is 5.04. The van der Waals surface area contributed by atoms with Crippen molar-refractivity contribution < 1.29 is 4.79 Å². The summed E-state index contributed by atoms with van der Waals surface area (Å²) >= 11 is 0. The van der Waals surface area contributed by atoms with E-state index in [-0.39, 0.29) is 12.1 Å². The zero-order valence-electron chi connectivity index (χ0n) is 9.91. The summed E-state index contributed by atoms with van der Waals surface area (Å²) in [6, 6.07) is 8.99. The van der Waals surface area contributed by atoms with Gasteiger partial charge in [-0.2, -0.15) is 0 Å². The predicted octanol–water partition coefficient (Wildman–Crippen LogP) is 2.53. The van der Waals surface area contributed by atoms with E-state index < -0.39 is 0 Å². The van der Waals surface area contributed by atoms with Crippen molar-refractivity contribution in [2.75, 3.05) is 0 Å². The average molecular weight is 230 g/mol. The molecule has 0 aromatic heterocycles. The Kier molecular flexibility index (Phi) is 2.75. The van der Waals surface area contributed by atoms with Crippen molar-refractivity contribution in [3.8, 4) is 0 Å². The molecule has 0 spiro atoms. The van der Waals surface area contributed by atoms with Gasteiger partial charge in [-0.15, -0.1) is 0 Å². The Labute approximate surface area is 102 Å². The standard InChI is InChI=1S/C14H18N2O/c17-14(15-11-5-3-6-11)16-13-9-8-10-4-1-2-7-12(10)13/h1-2,4,7,11,13H,3,5-6,8-9H2,(H2,15,16,17). The van der Waals surface area contributed by atoms with E-state index in [1.165, 1.54) is 17.5 Å². The largest absolute Gasteiger partial charge is 0.335 e. The molecule has 1 fully saturated rings. The predicted molar refractivity (Wildman–Crippen MR) is 66.8 cm³/mol. The van der Waals surface area contributed by atoms with Crippen molar-refractivity contribution in [1.29, 1.82) is 0 Å². The number of benzene rings is 1. The average Bonchev–Trinajstić information content (AvgIpc) is 2.68. The van der Waals surface area contributed by atoms with Crippen LogP contribution in [0, 0.1) is 0 Å². The molecule has 0 aliphatic heterocycles. The van der Waals surface area contributed by atoms with Crippen molar-refractivity contribution in [2.24, 2.45) is 0 Å². The number of urea groups is 1. The minimum Gasteiger partial charge on any atom is -0.335 e. The van der Waals surface area contributed by atoms with Crippen LogP contribution in [0.5, 0.6) is 0 Å². The highest BCUT2D eigenvalue weighted by Gasteiger charge is 2.25. The SMILES string of the molecule is O=C(NC1CCC1)NC1CCc2ccccc21. The fourth-order valence-electron chi connectivity index (χ4n) is 2.64. The topological polar surface area (TPSA) is 41.1 Å². The molecule has 1 unspecified atom stereocenters. The molecule has 90 valence electrons. The summed E-state index contributed by atoms with van der Waals surface area (Å²) in [5.74, 6) is 0. The Morgan fingerprint density at radius 2 is 1.94 bits per heavy atom. The van der Waals surface area contributed by atoms with E-state index in [2.05, 4.69) is 28.8 Å². The summed E-state index contributed by atoms with van der Waals surface area (Å²) in [7, 11) is 0. The quantitative estimate of drug-likeness (QED) is 0.805. The summed E-state index contributed by atoms with van der Waals surface area (Å²) in [5, 5.41) is 6.11. The smallest absolute Gasteiger partial charge is 0.315 e. The molecule has 3 heteroatoms. The van der Waals surface area contributed by atoms with Crippen molar-refractivity contribution in [3.63, 3.8) is 0 Å². The number of hydrogen-bond acceptors (Lipinski definition) is 1. The first-order valence-electron chi connectivity index (χ1n) is 6.48. The van der Waals surface area contributed by atoms with Crippen LogP contribution in [0.2, 0.25) is 0 Å². The fourth-order valence-corrected chi connectivity index (χ4v) is 2.64. The first kappa shape index (κ1) is 10.6. The molecule has 1 aromatic rings. The first-order chi connectivity index (χ1) is 8.33. The molecule has 2 aliphatic carbocycles. The molecule has 1 aromatic carbocycles. The summed E-state index contributed by atoms with van der Waals surface area (Å²) in [5.41, 5.74) is 2.66. The Morgan fingerprint density at radius 1 is 1.12 bits per heavy atom. The highest BCUT2D eigenvalue weighted by atomic mass is 16.2. The first-order valence-corrected chi connectivity index (χ1v) is 6.48. The van der Waals surface area contributed by atoms with Crippen molar-refractivity contribution in [1.82, 2.24) is 10.6 Å². The minimum absolute atomic E-state index is 0.00333. The van der Waals surface area contributed by atoms with E-state index in [1.807, 2.05) is 6.07 Å². The molecule has 2 aliphatic rings. The van der Waals surface area contributed by atoms with Crippen LogP contribution in [0.25, 0.3) is 0 Å². The van der Waals surface area contributed by atoms with Crippen LogP contribution in [0.4, 0.5) is 4.79 Å². The molecular weight excluding hydrogens is 212 g/mol. The highest BCUT2D eigenvalue weighted by molar-refractivity contribution is 5.75. The van der Waals surface area contributed by atoms with E-state index in [9.17, 15) is 4.79 Å². The van der Waals surface area contributed by atoms with E-state index in [0.717, 1.165) is 25.7 Å². The van der Waals surface area contributed by atoms with Crippen LogP contribution >= 0.6 is 0 Å². The van der Waals surface area contributed by atoms with Gasteiger partial charge >= 0.3 is 6.03 Å². The third-order valence-corrected chi connectivity index (χ3v) is 3.88. The highest BCUT2D eigenvalue weighted by Crippen LogP contribution is 2.30. The number of carbonyl (C=O) groups is 1. The van der Waals surface area contributed by atoms with Crippen LogP contribution in [0.15, 0.2) is 24.3 Å². The zero-order chi connectivity index (χ0) is 11.7. The molecule has 3 nitrogen and oxygen atoms in total. The van der Waals surface area contributed by atoms with Crippen LogP contribution in [0.1, 0.15) is 42.9 Å². The van der Waals surface area contributed by atoms with Gasteiger partial charge in [0, 0.05) is 6.04 Å². The number of aryl methyl sites for hydroxylation is 1. The van der Waals surface area contributed by atoms with Gasteiger partial charge < -0.3 is 10.6 Å². The summed E-state index contributed by atoms with van der Waals surface area (Å²) in [4.78, 5) is 11.8. The lowest BCUT2D eigenvalue weighted by Crippen LogP contribution is -2.45. The van der Waals surface area contributed by atoms with Gasteiger partial charge in [0.15, 0.2) is 0 Å². The lowest BCUT2D eigenvalue weighted by Gasteiger charge is -2.27. The van der Waals surface area contributed by atoms with Gasteiger partial charge in [-0.3, -0.25) is 0 Å². The van der Waals surface area contributed by atoms with Crippen LogP contribution in [-0.2, 0) is 6.42 Å². The molecular formula is C14H18N2O. The molecule has 2 N–H and O–H groups in total. The molecule has 17 heavy (non-hydrogen) atoms. The van der Waals surface area contributed by atoms with Crippen molar-refractivity contribution in [2.45, 2.75) is 44.2 Å². The lowest BCUT2D eigenvalue weighted by molar-refractivity contribution is 0.224. The van der Waals surface area contributed by atoms with Gasteiger partial charge in [-0.25, -0.2) is 4.79 Å². The fraction of sp³-hybridized carbons (Fsp3) is 0.500. The van der Waals surface area contributed by atoms with Crippen molar-refractivity contribution >= 4 is 6.03 Å². The van der Waals surface area contributed by atoms with Crippen LogP contribution in [-0.4, -0.2) is 12.1 Å². The molecule has 0 radical (unpaired) electrons. The second kappa shape index (κ2) is 4.40. The Hall–Kier alpha value is -1.51. The van der Waals surface area contributed by atoms with Gasteiger partial charge in [0.1, 0.15) is 0 Å². The molecule has 1 atom stereocenters. The minimum atomic E-state index is -0.00333. The third kappa shape index (κ3) is 2.14. The maximum absolute atomic E-state index is 11.8. The normalized spacial score (nSPS) is 22.7. The van der Waals surface area contributed by atoms with Crippen LogP contribution in [0.3, 0.4) is 0 Å². The number of fused-ring (bicyclic) bond motifs is 1. The maximum atomic E-state index is 11.8. The molecule has 2 amide bonds. The van der Waals surface area contributed by atoms with Gasteiger partial charge in [0.2, 0.25) is 0 Å². The van der Waals surface area contributed by atoms with E-state index in [4.69, 9.17) is 0 Å². The van der Waals surface area contributed by atoms with Crippen molar-refractivity contribution in [3.05, 3.63) is 35.4 Å². The van der Waals surface area contributed by atoms with Gasteiger partial charge in [-0.1, -0.05) is 24.3 Å². The van der Waals surface area contributed by atoms with Gasteiger partial charge in [0.25, 0.3) is 0 Å². The number of carbonyl (C=O) groups excluding carboxylic acids is 1. The van der Waals surface area contributed by atoms with Gasteiger partial charge in [-0.05, 0) is 43.2 Å². The maximum Gasteiger partial charge on any atom is 0.315 e. The summed E-state index contributed by atoms with van der Waals surface area (Å²) in [6.45, 7) is 0.